The minimum atomic E-state index is -0.289. The van der Waals surface area contributed by atoms with Crippen LogP contribution < -0.4 is 20.3 Å². The molecule has 0 aromatic heterocycles. The molecule has 0 saturated carbocycles. The van der Waals surface area contributed by atoms with Gasteiger partial charge in [-0.15, -0.1) is 0 Å². The number of nitrogens with one attached hydrogen (secondary N) is 2. The topological polar surface area (TPSA) is 70.7 Å². The number of carbonyl (C=O) groups excluding carboxylic acids is 2. The minimum Gasteiger partial charge on any atom is -0.497 e. The van der Waals surface area contributed by atoms with E-state index in [1.807, 2.05) is 12.1 Å². The van der Waals surface area contributed by atoms with E-state index in [2.05, 4.69) is 27.7 Å². The molecule has 1 fully saturated rings. The number of hydrogen-bond acceptors (Lipinski definition) is 4. The quantitative estimate of drug-likeness (QED) is 0.788. The molecule has 1 aliphatic heterocycles. The highest BCUT2D eigenvalue weighted by molar-refractivity contribution is 5.96. The fourth-order valence-electron chi connectivity index (χ4n) is 3.07. The fraction of sp³-hybridized carbons (Fsp3) is 0.333. The molecule has 6 heteroatoms. The van der Waals surface area contributed by atoms with Crippen molar-refractivity contribution in [1.29, 1.82) is 0 Å². The molecule has 0 radical (unpaired) electrons. The van der Waals surface area contributed by atoms with Gasteiger partial charge in [-0.25, -0.2) is 0 Å². The summed E-state index contributed by atoms with van der Waals surface area (Å²) >= 11 is 0. The predicted molar refractivity (Wildman–Crippen MR) is 105 cm³/mol. The van der Waals surface area contributed by atoms with Crippen molar-refractivity contribution in [2.24, 2.45) is 0 Å². The number of amides is 2. The first kappa shape index (κ1) is 18.8. The number of anilines is 1. The average Bonchev–Trinajstić information content (AvgIpc) is 3.26. The zero-order valence-electron chi connectivity index (χ0n) is 15.5. The molecule has 2 aromatic carbocycles. The molecule has 1 saturated heterocycles. The molecule has 2 N–H and O–H groups in total. The maximum Gasteiger partial charge on any atom is 0.251 e. The van der Waals surface area contributed by atoms with E-state index in [1.165, 1.54) is 18.5 Å². The zero-order chi connectivity index (χ0) is 19.1. The molecule has 0 unspecified atom stereocenters. The van der Waals surface area contributed by atoms with Crippen LogP contribution in [0.25, 0.3) is 0 Å². The molecule has 1 heterocycles. The monoisotopic (exact) mass is 367 g/mol. The summed E-state index contributed by atoms with van der Waals surface area (Å²) in [6, 6.07) is 15.0. The van der Waals surface area contributed by atoms with Gasteiger partial charge in [0.05, 0.1) is 13.7 Å². The molecule has 27 heavy (non-hydrogen) atoms. The lowest BCUT2D eigenvalue weighted by molar-refractivity contribution is -0.120. The lowest BCUT2D eigenvalue weighted by atomic mass is 10.2. The Balaban J connectivity index is 1.41. The first-order valence-corrected chi connectivity index (χ1v) is 9.18. The van der Waals surface area contributed by atoms with Crippen LogP contribution in [0.2, 0.25) is 0 Å². The largest absolute Gasteiger partial charge is 0.497 e. The summed E-state index contributed by atoms with van der Waals surface area (Å²) in [5.74, 6) is 0.170. The number of hydrogen-bond donors (Lipinski definition) is 2. The number of rotatable bonds is 7. The molecule has 142 valence electrons. The van der Waals surface area contributed by atoms with Gasteiger partial charge in [0.25, 0.3) is 5.91 Å². The molecule has 0 aliphatic carbocycles. The second kappa shape index (κ2) is 9.07. The van der Waals surface area contributed by atoms with Crippen LogP contribution in [-0.4, -0.2) is 38.6 Å². The average molecular weight is 367 g/mol. The summed E-state index contributed by atoms with van der Waals surface area (Å²) in [6.45, 7) is 2.61. The Kier molecular flexibility index (Phi) is 6.30. The van der Waals surface area contributed by atoms with Crippen LogP contribution in [0.1, 0.15) is 28.8 Å². The van der Waals surface area contributed by atoms with Gasteiger partial charge in [-0.2, -0.15) is 0 Å². The first-order chi connectivity index (χ1) is 13.2. The second-order valence-corrected chi connectivity index (χ2v) is 6.55. The SMILES string of the molecule is COc1ccc(C(=O)NCC(=O)NCc2ccc(N3CCCC3)cc2)cc1. The van der Waals surface area contributed by atoms with Gasteiger partial charge in [0.2, 0.25) is 5.91 Å². The lowest BCUT2D eigenvalue weighted by Gasteiger charge is -2.17. The van der Waals surface area contributed by atoms with Crippen molar-refractivity contribution in [1.82, 2.24) is 10.6 Å². The predicted octanol–water partition coefficient (Wildman–Crippen LogP) is 2.34. The molecule has 0 bridgehead atoms. The van der Waals surface area contributed by atoms with Crippen molar-refractivity contribution >= 4 is 17.5 Å². The van der Waals surface area contributed by atoms with Gasteiger partial charge in [-0.05, 0) is 54.8 Å². The summed E-state index contributed by atoms with van der Waals surface area (Å²) in [6.07, 6.45) is 2.50. The van der Waals surface area contributed by atoms with Crippen molar-refractivity contribution < 1.29 is 14.3 Å². The number of benzene rings is 2. The Morgan fingerprint density at radius 3 is 2.26 bits per heavy atom. The van der Waals surface area contributed by atoms with E-state index in [0.717, 1.165) is 18.7 Å². The number of carbonyl (C=O) groups is 2. The summed E-state index contributed by atoms with van der Waals surface area (Å²) in [7, 11) is 1.57. The van der Waals surface area contributed by atoms with Gasteiger partial charge in [0.15, 0.2) is 0 Å². The Hall–Kier alpha value is -3.02. The van der Waals surface area contributed by atoms with Crippen LogP contribution >= 0.6 is 0 Å². The Morgan fingerprint density at radius 2 is 1.63 bits per heavy atom. The molecule has 3 rings (SSSR count). The summed E-state index contributed by atoms with van der Waals surface area (Å²) in [4.78, 5) is 26.4. The molecule has 2 aromatic rings. The highest BCUT2D eigenvalue weighted by Crippen LogP contribution is 2.20. The van der Waals surface area contributed by atoms with E-state index in [9.17, 15) is 9.59 Å². The summed E-state index contributed by atoms with van der Waals surface area (Å²) < 4.78 is 5.06. The van der Waals surface area contributed by atoms with Gasteiger partial charge >= 0.3 is 0 Å². The van der Waals surface area contributed by atoms with Crippen LogP contribution in [0.5, 0.6) is 5.75 Å². The van der Waals surface area contributed by atoms with Gasteiger partial charge < -0.3 is 20.3 Å². The minimum absolute atomic E-state index is 0.0588. The highest BCUT2D eigenvalue weighted by Gasteiger charge is 2.12. The summed E-state index contributed by atoms with van der Waals surface area (Å²) in [5, 5.41) is 5.45. The van der Waals surface area contributed by atoms with Crippen LogP contribution in [0.3, 0.4) is 0 Å². The third-order valence-corrected chi connectivity index (χ3v) is 4.66. The lowest BCUT2D eigenvalue weighted by Crippen LogP contribution is -2.36. The van der Waals surface area contributed by atoms with Gasteiger partial charge in [-0.1, -0.05) is 12.1 Å². The Morgan fingerprint density at radius 1 is 0.963 bits per heavy atom. The molecular weight excluding hydrogens is 342 g/mol. The van der Waals surface area contributed by atoms with E-state index < -0.39 is 0 Å². The van der Waals surface area contributed by atoms with Crippen LogP contribution in [0.4, 0.5) is 5.69 Å². The molecule has 1 aliphatic rings. The Labute approximate surface area is 159 Å². The van der Waals surface area contributed by atoms with Crippen molar-refractivity contribution in [3.63, 3.8) is 0 Å². The smallest absolute Gasteiger partial charge is 0.251 e. The van der Waals surface area contributed by atoms with E-state index >= 15 is 0 Å². The molecule has 2 amide bonds. The molecule has 6 nitrogen and oxygen atoms in total. The first-order valence-electron chi connectivity index (χ1n) is 9.18. The fourth-order valence-corrected chi connectivity index (χ4v) is 3.07. The maximum atomic E-state index is 12.0. The second-order valence-electron chi connectivity index (χ2n) is 6.55. The highest BCUT2D eigenvalue weighted by atomic mass is 16.5. The van der Waals surface area contributed by atoms with Crippen LogP contribution in [0.15, 0.2) is 48.5 Å². The van der Waals surface area contributed by atoms with Crippen molar-refractivity contribution in [3.05, 3.63) is 59.7 Å². The third kappa shape index (κ3) is 5.23. The molecular formula is C21H25N3O3. The van der Waals surface area contributed by atoms with Crippen LogP contribution in [0, 0.1) is 0 Å². The van der Waals surface area contributed by atoms with E-state index in [0.29, 0.717) is 17.9 Å². The molecule has 0 atom stereocenters. The zero-order valence-corrected chi connectivity index (χ0v) is 15.5. The molecule has 0 spiro atoms. The number of nitrogens with zero attached hydrogens (tertiary/aromatic N) is 1. The van der Waals surface area contributed by atoms with Crippen LogP contribution in [-0.2, 0) is 11.3 Å². The van der Waals surface area contributed by atoms with E-state index in [-0.39, 0.29) is 18.4 Å². The maximum absolute atomic E-state index is 12.0. The Bertz CT molecular complexity index is 766. The summed E-state index contributed by atoms with van der Waals surface area (Å²) in [5.41, 5.74) is 2.75. The van der Waals surface area contributed by atoms with Crippen molar-refractivity contribution in [2.45, 2.75) is 19.4 Å². The number of methoxy groups -OCH3 is 1. The van der Waals surface area contributed by atoms with E-state index in [1.54, 1.807) is 31.4 Å². The van der Waals surface area contributed by atoms with Crippen molar-refractivity contribution in [2.75, 3.05) is 31.6 Å². The number of ether oxygens (including phenoxy) is 1. The van der Waals surface area contributed by atoms with Gasteiger partial charge in [-0.3, -0.25) is 9.59 Å². The standard InChI is InChI=1S/C21H25N3O3/c1-27-19-10-6-17(7-11-19)21(26)23-15-20(25)22-14-16-4-8-18(9-5-16)24-12-2-3-13-24/h4-11H,2-3,12-15H2,1H3,(H,22,25)(H,23,26). The van der Waals surface area contributed by atoms with Gasteiger partial charge in [0.1, 0.15) is 5.75 Å². The normalized spacial score (nSPS) is 13.3. The van der Waals surface area contributed by atoms with Crippen molar-refractivity contribution in [3.8, 4) is 5.75 Å². The van der Waals surface area contributed by atoms with Gasteiger partial charge in [0, 0.05) is 30.9 Å². The third-order valence-electron chi connectivity index (χ3n) is 4.66. The van der Waals surface area contributed by atoms with E-state index in [4.69, 9.17) is 4.74 Å².